The molecule has 8 nitrogen and oxygen atoms in total. The van der Waals surface area contributed by atoms with Crippen LogP contribution < -0.4 is 16.0 Å². The van der Waals surface area contributed by atoms with Crippen molar-refractivity contribution in [2.75, 3.05) is 17.2 Å². The van der Waals surface area contributed by atoms with Gasteiger partial charge in [-0.1, -0.05) is 12.1 Å². The van der Waals surface area contributed by atoms with Crippen molar-refractivity contribution in [3.05, 3.63) is 71.2 Å². The maximum absolute atomic E-state index is 13.9. The van der Waals surface area contributed by atoms with Crippen LogP contribution in [0.5, 0.6) is 0 Å². The molecule has 0 saturated heterocycles. The summed E-state index contributed by atoms with van der Waals surface area (Å²) >= 11 is 0. The summed E-state index contributed by atoms with van der Waals surface area (Å²) < 4.78 is 15.6. The van der Waals surface area contributed by atoms with Crippen molar-refractivity contribution < 1.29 is 14.3 Å². The van der Waals surface area contributed by atoms with Gasteiger partial charge in [-0.05, 0) is 75.9 Å². The molecule has 1 fully saturated rings. The highest BCUT2D eigenvalue weighted by Crippen LogP contribution is 2.30. The SMILES string of the molecule is Cc1ccc(F)cc1Nc1cc(NCC(C)(C)O)c2ncc(-c3ccc(C(=O)NC4CC4)c(C)c3)n2n1. The third kappa shape index (κ3) is 5.56. The maximum atomic E-state index is 13.9. The molecule has 1 amide bonds. The van der Waals surface area contributed by atoms with E-state index in [9.17, 15) is 14.3 Å². The summed E-state index contributed by atoms with van der Waals surface area (Å²) in [5.41, 5.74) is 4.86. The van der Waals surface area contributed by atoms with E-state index < -0.39 is 5.60 Å². The molecule has 0 spiro atoms. The third-order valence-corrected chi connectivity index (χ3v) is 6.32. The van der Waals surface area contributed by atoms with E-state index in [2.05, 4.69) is 20.9 Å². The number of hydrogen-bond acceptors (Lipinski definition) is 6. The topological polar surface area (TPSA) is 104 Å². The molecule has 0 atom stereocenters. The first-order chi connectivity index (χ1) is 17.6. The zero-order valence-corrected chi connectivity index (χ0v) is 21.4. The van der Waals surface area contributed by atoms with E-state index in [-0.39, 0.29) is 24.3 Å². The van der Waals surface area contributed by atoms with Crippen LogP contribution in [0.3, 0.4) is 0 Å². The first kappa shape index (κ1) is 24.7. The highest BCUT2D eigenvalue weighted by atomic mass is 19.1. The number of aliphatic hydroxyl groups is 1. The van der Waals surface area contributed by atoms with E-state index in [0.29, 0.717) is 28.4 Å². The quantitative estimate of drug-likeness (QED) is 0.271. The minimum absolute atomic E-state index is 0.0575. The predicted molar refractivity (Wildman–Crippen MR) is 143 cm³/mol. The minimum Gasteiger partial charge on any atom is -0.389 e. The van der Waals surface area contributed by atoms with Crippen LogP contribution in [-0.2, 0) is 0 Å². The van der Waals surface area contributed by atoms with Crippen molar-refractivity contribution in [2.24, 2.45) is 0 Å². The predicted octanol–water partition coefficient (Wildman–Crippen LogP) is 4.97. The molecule has 1 saturated carbocycles. The molecular weight excluding hydrogens is 471 g/mol. The molecule has 9 heteroatoms. The Hall–Kier alpha value is -3.98. The molecule has 4 N–H and O–H groups in total. The number of imidazole rings is 1. The van der Waals surface area contributed by atoms with E-state index in [1.165, 1.54) is 12.1 Å². The second kappa shape index (κ2) is 9.48. The Bertz CT molecular complexity index is 1490. The molecule has 1 aliphatic carbocycles. The number of fused-ring (bicyclic) bond motifs is 1. The first-order valence-electron chi connectivity index (χ1n) is 12.4. The van der Waals surface area contributed by atoms with Gasteiger partial charge >= 0.3 is 0 Å². The number of benzene rings is 2. The molecule has 2 aromatic heterocycles. The number of hydrogen-bond donors (Lipinski definition) is 4. The standard InChI is InChI=1S/C28H31FN6O2/c1-16-5-7-19(29)12-22(16)33-25-13-23(31-15-28(3,4)37)26-30-14-24(35(26)34-25)18-6-10-21(17(2)11-18)27(36)32-20-8-9-20/h5-7,10-14,20,31,37H,8-9,15H2,1-4H3,(H,32,36)(H,33,34). The second-order valence-electron chi connectivity index (χ2n) is 10.3. The number of anilines is 3. The number of nitrogens with zero attached hydrogens (tertiary/aromatic N) is 3. The summed E-state index contributed by atoms with van der Waals surface area (Å²) in [6, 6.07) is 12.3. The zero-order valence-electron chi connectivity index (χ0n) is 21.4. The number of aryl methyl sites for hydroxylation is 2. The lowest BCUT2D eigenvalue weighted by Gasteiger charge is -2.19. The van der Waals surface area contributed by atoms with Crippen molar-refractivity contribution in [1.82, 2.24) is 19.9 Å². The highest BCUT2D eigenvalue weighted by molar-refractivity contribution is 5.96. The molecule has 0 bridgehead atoms. The summed E-state index contributed by atoms with van der Waals surface area (Å²) in [6.07, 6.45) is 3.80. The van der Waals surface area contributed by atoms with Crippen molar-refractivity contribution in [3.8, 4) is 11.3 Å². The summed E-state index contributed by atoms with van der Waals surface area (Å²) in [7, 11) is 0. The van der Waals surface area contributed by atoms with Crippen LogP contribution in [0.1, 0.15) is 48.2 Å². The third-order valence-electron chi connectivity index (χ3n) is 6.32. The van der Waals surface area contributed by atoms with Crippen LogP contribution in [0.2, 0.25) is 0 Å². The Morgan fingerprint density at radius 3 is 2.59 bits per heavy atom. The number of carbonyl (C=O) groups excluding carboxylic acids is 1. The number of rotatable bonds is 8. The molecule has 2 heterocycles. The molecule has 0 radical (unpaired) electrons. The lowest BCUT2D eigenvalue weighted by molar-refractivity contribution is 0.0940. The second-order valence-corrected chi connectivity index (χ2v) is 10.3. The van der Waals surface area contributed by atoms with E-state index in [1.54, 1.807) is 36.7 Å². The number of carbonyl (C=O) groups is 1. The lowest BCUT2D eigenvalue weighted by atomic mass is 10.0. The van der Waals surface area contributed by atoms with E-state index in [4.69, 9.17) is 5.10 Å². The first-order valence-corrected chi connectivity index (χ1v) is 12.4. The Morgan fingerprint density at radius 2 is 1.89 bits per heavy atom. The van der Waals surface area contributed by atoms with E-state index in [0.717, 1.165) is 35.2 Å². The van der Waals surface area contributed by atoms with Gasteiger partial charge in [-0.15, -0.1) is 5.10 Å². The molecule has 1 aliphatic rings. The van der Waals surface area contributed by atoms with Gasteiger partial charge in [0.1, 0.15) is 5.82 Å². The Kier molecular flexibility index (Phi) is 6.33. The van der Waals surface area contributed by atoms with Gasteiger partial charge in [-0.3, -0.25) is 4.79 Å². The molecule has 192 valence electrons. The van der Waals surface area contributed by atoms with E-state index in [1.807, 2.05) is 32.0 Å². The fraction of sp³-hybridized carbons (Fsp3) is 0.321. The normalized spacial score (nSPS) is 13.6. The van der Waals surface area contributed by atoms with Gasteiger partial charge < -0.3 is 21.1 Å². The van der Waals surface area contributed by atoms with Crippen LogP contribution >= 0.6 is 0 Å². The Morgan fingerprint density at radius 1 is 1.11 bits per heavy atom. The molecule has 37 heavy (non-hydrogen) atoms. The molecule has 2 aromatic carbocycles. The molecule has 0 unspecified atom stereocenters. The van der Waals surface area contributed by atoms with Crippen LogP contribution in [0.15, 0.2) is 48.7 Å². The molecule has 4 aromatic rings. The van der Waals surface area contributed by atoms with Gasteiger partial charge in [0.15, 0.2) is 11.5 Å². The summed E-state index contributed by atoms with van der Waals surface area (Å²) in [6.45, 7) is 7.53. The Labute approximate surface area is 214 Å². The fourth-order valence-corrected chi connectivity index (χ4v) is 4.10. The smallest absolute Gasteiger partial charge is 0.251 e. The number of halogens is 1. The van der Waals surface area contributed by atoms with Gasteiger partial charge in [0.2, 0.25) is 0 Å². The van der Waals surface area contributed by atoms with Crippen molar-refractivity contribution >= 4 is 28.7 Å². The van der Waals surface area contributed by atoms with Gasteiger partial charge in [0, 0.05) is 35.5 Å². The average molecular weight is 503 g/mol. The fourth-order valence-electron chi connectivity index (χ4n) is 4.10. The number of nitrogens with one attached hydrogen (secondary N) is 3. The van der Waals surface area contributed by atoms with Gasteiger partial charge in [0.25, 0.3) is 5.91 Å². The van der Waals surface area contributed by atoms with Crippen molar-refractivity contribution in [3.63, 3.8) is 0 Å². The lowest BCUT2D eigenvalue weighted by Crippen LogP contribution is -2.29. The molecule has 5 rings (SSSR count). The summed E-state index contributed by atoms with van der Waals surface area (Å²) in [4.78, 5) is 17.2. The molecular formula is C28H31FN6O2. The Balaban J connectivity index is 1.55. The van der Waals surface area contributed by atoms with E-state index >= 15 is 0 Å². The minimum atomic E-state index is -0.948. The van der Waals surface area contributed by atoms with Crippen LogP contribution in [0, 0.1) is 19.7 Å². The van der Waals surface area contributed by atoms with Crippen LogP contribution in [-0.4, -0.2) is 43.8 Å². The van der Waals surface area contributed by atoms with Crippen molar-refractivity contribution in [1.29, 1.82) is 0 Å². The largest absolute Gasteiger partial charge is 0.389 e. The highest BCUT2D eigenvalue weighted by Gasteiger charge is 2.24. The summed E-state index contributed by atoms with van der Waals surface area (Å²) in [5.74, 6) is 0.0767. The average Bonchev–Trinajstić information content (AvgIpc) is 3.54. The zero-order chi connectivity index (χ0) is 26.3. The van der Waals surface area contributed by atoms with Gasteiger partial charge in [-0.2, -0.15) is 0 Å². The maximum Gasteiger partial charge on any atom is 0.251 e. The van der Waals surface area contributed by atoms with Crippen LogP contribution in [0.4, 0.5) is 21.6 Å². The monoisotopic (exact) mass is 502 g/mol. The van der Waals surface area contributed by atoms with Gasteiger partial charge in [-0.25, -0.2) is 13.9 Å². The van der Waals surface area contributed by atoms with Gasteiger partial charge in [0.05, 0.1) is 23.2 Å². The number of amides is 1. The number of aromatic nitrogens is 3. The summed E-state index contributed by atoms with van der Waals surface area (Å²) in [5, 5.41) is 24.5. The van der Waals surface area contributed by atoms with Crippen molar-refractivity contribution in [2.45, 2.75) is 52.2 Å². The molecule has 0 aliphatic heterocycles. The van der Waals surface area contributed by atoms with Crippen LogP contribution in [0.25, 0.3) is 16.9 Å².